The molecule has 0 spiro atoms. The van der Waals surface area contributed by atoms with Gasteiger partial charge in [0.1, 0.15) is 5.65 Å². The summed E-state index contributed by atoms with van der Waals surface area (Å²) in [6.45, 7) is 3.66. The second-order valence-electron chi connectivity index (χ2n) is 5.54. The van der Waals surface area contributed by atoms with Crippen molar-refractivity contribution in [1.29, 1.82) is 0 Å². The van der Waals surface area contributed by atoms with Crippen LogP contribution in [0.1, 0.15) is 30.5 Å². The molecule has 106 valence electrons. The molecule has 2 aromatic rings. The minimum absolute atomic E-state index is 0.144. The van der Waals surface area contributed by atoms with Crippen molar-refractivity contribution in [2.45, 2.75) is 38.8 Å². The van der Waals surface area contributed by atoms with Crippen LogP contribution in [0, 0.1) is 6.92 Å². The van der Waals surface area contributed by atoms with Crippen LogP contribution in [0.15, 0.2) is 24.5 Å². The van der Waals surface area contributed by atoms with Gasteiger partial charge in [-0.1, -0.05) is 12.5 Å². The van der Waals surface area contributed by atoms with E-state index in [-0.39, 0.29) is 11.9 Å². The van der Waals surface area contributed by atoms with Crippen molar-refractivity contribution in [2.75, 3.05) is 6.54 Å². The van der Waals surface area contributed by atoms with Crippen LogP contribution in [0.3, 0.4) is 0 Å². The number of likely N-dealkylation sites (tertiary alicyclic amines) is 1. The van der Waals surface area contributed by atoms with Crippen molar-refractivity contribution in [2.24, 2.45) is 5.73 Å². The number of hydrogen-bond donors (Lipinski definition) is 1. The number of fused-ring (bicyclic) bond motifs is 1. The molecule has 3 heterocycles. The molecule has 3 rings (SSSR count). The third-order valence-electron chi connectivity index (χ3n) is 4.03. The van der Waals surface area contributed by atoms with Gasteiger partial charge in [0.05, 0.1) is 11.7 Å². The third-order valence-corrected chi connectivity index (χ3v) is 4.03. The van der Waals surface area contributed by atoms with Crippen molar-refractivity contribution in [3.8, 4) is 0 Å². The lowest BCUT2D eigenvalue weighted by atomic mass is 10.0. The van der Waals surface area contributed by atoms with Crippen LogP contribution in [0.2, 0.25) is 0 Å². The second-order valence-corrected chi connectivity index (χ2v) is 5.54. The molecular formula is C15H20N4O. The normalized spacial score (nSPS) is 20.4. The first-order chi connectivity index (χ1) is 9.65. The first-order valence-corrected chi connectivity index (χ1v) is 7.12. The Balaban J connectivity index is 1.84. The summed E-state index contributed by atoms with van der Waals surface area (Å²) in [7, 11) is 0. The van der Waals surface area contributed by atoms with Crippen molar-refractivity contribution >= 4 is 11.6 Å². The molecule has 2 aromatic heterocycles. The number of carbonyl (C=O) groups is 1. The molecule has 1 amide bonds. The Bertz CT molecular complexity index is 634. The molecule has 0 aliphatic carbocycles. The largest absolute Gasteiger partial charge is 0.368 e. The Morgan fingerprint density at radius 3 is 3.10 bits per heavy atom. The molecule has 5 nitrogen and oxygen atoms in total. The van der Waals surface area contributed by atoms with E-state index in [1.165, 1.54) is 0 Å². The van der Waals surface area contributed by atoms with E-state index in [0.29, 0.717) is 6.54 Å². The maximum Gasteiger partial charge on any atom is 0.234 e. The molecule has 0 radical (unpaired) electrons. The van der Waals surface area contributed by atoms with Crippen LogP contribution in [-0.4, -0.2) is 32.8 Å². The average Bonchev–Trinajstić information content (AvgIpc) is 2.83. The molecule has 1 aliphatic heterocycles. The summed E-state index contributed by atoms with van der Waals surface area (Å²) in [6.07, 6.45) is 7.10. The molecular weight excluding hydrogens is 252 g/mol. The Kier molecular flexibility index (Phi) is 3.44. The highest BCUT2D eigenvalue weighted by Crippen LogP contribution is 2.20. The molecule has 2 N–H and O–H groups in total. The van der Waals surface area contributed by atoms with Gasteiger partial charge in [0.2, 0.25) is 5.91 Å². The number of nitrogens with zero attached hydrogens (tertiary/aromatic N) is 3. The van der Waals surface area contributed by atoms with Gasteiger partial charge in [0.25, 0.3) is 0 Å². The highest BCUT2D eigenvalue weighted by atomic mass is 16.1. The minimum atomic E-state index is -0.218. The predicted octanol–water partition coefficient (Wildman–Crippen LogP) is 1.48. The van der Waals surface area contributed by atoms with Crippen LogP contribution >= 0.6 is 0 Å². The monoisotopic (exact) mass is 272 g/mol. The Labute approximate surface area is 118 Å². The number of primary amides is 1. The summed E-state index contributed by atoms with van der Waals surface area (Å²) in [5.41, 5.74) is 8.64. The van der Waals surface area contributed by atoms with Crippen LogP contribution in [0.4, 0.5) is 0 Å². The fraction of sp³-hybridized carbons (Fsp3) is 0.467. The number of carbonyl (C=O) groups excluding carboxylic acids is 1. The molecule has 0 saturated carbocycles. The van der Waals surface area contributed by atoms with Gasteiger partial charge in [-0.2, -0.15) is 0 Å². The van der Waals surface area contributed by atoms with Crippen LogP contribution in [-0.2, 0) is 11.3 Å². The first kappa shape index (κ1) is 13.1. The minimum Gasteiger partial charge on any atom is -0.368 e. The number of amides is 1. The zero-order valence-electron chi connectivity index (χ0n) is 11.7. The van der Waals surface area contributed by atoms with E-state index in [1.807, 2.05) is 22.9 Å². The van der Waals surface area contributed by atoms with Crippen LogP contribution in [0.25, 0.3) is 5.65 Å². The zero-order valence-corrected chi connectivity index (χ0v) is 11.7. The zero-order chi connectivity index (χ0) is 14.1. The fourth-order valence-corrected chi connectivity index (χ4v) is 2.99. The van der Waals surface area contributed by atoms with Crippen LogP contribution in [0.5, 0.6) is 0 Å². The molecule has 0 bridgehead atoms. The quantitative estimate of drug-likeness (QED) is 0.920. The number of aromatic nitrogens is 2. The standard InChI is InChI=1S/C15H20N4O/c1-11-5-4-8-19-10-12(17-15(11)19)9-18-7-3-2-6-13(18)14(16)20/h4-5,8,10,13H,2-3,6-7,9H2,1H3,(H2,16,20). The molecule has 20 heavy (non-hydrogen) atoms. The van der Waals surface area contributed by atoms with Gasteiger partial charge in [-0.25, -0.2) is 4.98 Å². The smallest absolute Gasteiger partial charge is 0.234 e. The summed E-state index contributed by atoms with van der Waals surface area (Å²) in [5, 5.41) is 0. The lowest BCUT2D eigenvalue weighted by Gasteiger charge is -2.32. The lowest BCUT2D eigenvalue weighted by molar-refractivity contribution is -0.124. The highest BCUT2D eigenvalue weighted by molar-refractivity contribution is 5.79. The van der Waals surface area contributed by atoms with Crippen molar-refractivity contribution in [1.82, 2.24) is 14.3 Å². The summed E-state index contributed by atoms with van der Waals surface area (Å²) in [4.78, 5) is 18.4. The average molecular weight is 272 g/mol. The number of aryl methyl sites for hydroxylation is 1. The number of imidazole rings is 1. The molecule has 1 fully saturated rings. The number of rotatable bonds is 3. The molecule has 1 saturated heterocycles. The Morgan fingerprint density at radius 1 is 1.50 bits per heavy atom. The lowest BCUT2D eigenvalue weighted by Crippen LogP contribution is -2.47. The van der Waals surface area contributed by atoms with Gasteiger partial charge in [-0.3, -0.25) is 9.69 Å². The number of piperidine rings is 1. The molecule has 1 unspecified atom stereocenters. The van der Waals surface area contributed by atoms with Crippen molar-refractivity contribution in [3.63, 3.8) is 0 Å². The number of pyridine rings is 1. The number of nitrogens with two attached hydrogens (primary N) is 1. The molecule has 1 atom stereocenters. The highest BCUT2D eigenvalue weighted by Gasteiger charge is 2.27. The van der Waals surface area contributed by atoms with Gasteiger partial charge in [0.15, 0.2) is 0 Å². The van der Waals surface area contributed by atoms with E-state index >= 15 is 0 Å². The topological polar surface area (TPSA) is 63.6 Å². The second kappa shape index (κ2) is 5.25. The van der Waals surface area contributed by atoms with E-state index in [9.17, 15) is 4.79 Å². The third kappa shape index (κ3) is 2.41. The Hall–Kier alpha value is -1.88. The van der Waals surface area contributed by atoms with Gasteiger partial charge in [-0.05, 0) is 37.9 Å². The first-order valence-electron chi connectivity index (χ1n) is 7.12. The van der Waals surface area contributed by atoms with Gasteiger partial charge < -0.3 is 10.1 Å². The maximum atomic E-state index is 11.5. The summed E-state index contributed by atoms with van der Waals surface area (Å²) >= 11 is 0. The van der Waals surface area contributed by atoms with Gasteiger partial charge in [0, 0.05) is 18.9 Å². The van der Waals surface area contributed by atoms with E-state index in [4.69, 9.17) is 5.73 Å². The molecule has 1 aliphatic rings. The van der Waals surface area contributed by atoms with Crippen LogP contribution < -0.4 is 5.73 Å². The van der Waals surface area contributed by atoms with E-state index in [2.05, 4.69) is 22.9 Å². The fourth-order valence-electron chi connectivity index (χ4n) is 2.99. The van der Waals surface area contributed by atoms with Crippen molar-refractivity contribution in [3.05, 3.63) is 35.8 Å². The SMILES string of the molecule is Cc1cccn2cc(CN3CCCCC3C(N)=O)nc12. The molecule has 5 heteroatoms. The van der Waals surface area contributed by atoms with E-state index in [1.54, 1.807) is 0 Å². The Morgan fingerprint density at radius 2 is 2.35 bits per heavy atom. The van der Waals surface area contributed by atoms with Gasteiger partial charge in [-0.15, -0.1) is 0 Å². The summed E-state index contributed by atoms with van der Waals surface area (Å²) < 4.78 is 2.04. The number of hydrogen-bond acceptors (Lipinski definition) is 3. The summed E-state index contributed by atoms with van der Waals surface area (Å²) in [5.74, 6) is -0.218. The maximum absolute atomic E-state index is 11.5. The molecule has 0 aromatic carbocycles. The van der Waals surface area contributed by atoms with E-state index < -0.39 is 0 Å². The summed E-state index contributed by atoms with van der Waals surface area (Å²) in [6, 6.07) is 3.93. The predicted molar refractivity (Wildman–Crippen MR) is 77.2 cm³/mol. The van der Waals surface area contributed by atoms with E-state index in [0.717, 1.165) is 42.7 Å². The van der Waals surface area contributed by atoms with Gasteiger partial charge >= 0.3 is 0 Å². The van der Waals surface area contributed by atoms with Crippen molar-refractivity contribution < 1.29 is 4.79 Å².